The van der Waals surface area contributed by atoms with Crippen LogP contribution >= 0.6 is 22.9 Å². The minimum Gasteiger partial charge on any atom is -0.320 e. The van der Waals surface area contributed by atoms with E-state index >= 15 is 0 Å². The van der Waals surface area contributed by atoms with Crippen molar-refractivity contribution in [3.63, 3.8) is 0 Å². The van der Waals surface area contributed by atoms with Crippen LogP contribution in [-0.4, -0.2) is 16.8 Å². The highest BCUT2D eigenvalue weighted by molar-refractivity contribution is 7.17. The second-order valence-corrected chi connectivity index (χ2v) is 6.74. The van der Waals surface area contributed by atoms with Crippen molar-refractivity contribution in [1.82, 2.24) is 4.98 Å². The first-order valence-electron chi connectivity index (χ1n) is 7.54. The van der Waals surface area contributed by atoms with Crippen LogP contribution in [0.1, 0.15) is 25.7 Å². The maximum absolute atomic E-state index is 13.2. The summed E-state index contributed by atoms with van der Waals surface area (Å²) in [6, 6.07) is 12.2. The van der Waals surface area contributed by atoms with Gasteiger partial charge in [0, 0.05) is 5.56 Å². The van der Waals surface area contributed by atoms with Crippen LogP contribution < -0.4 is 10.6 Å². The predicted molar refractivity (Wildman–Crippen MR) is 101 cm³/mol. The lowest BCUT2D eigenvalue weighted by molar-refractivity contribution is 0.101. The Bertz CT molecular complexity index is 990. The average molecular weight is 390 g/mol. The largest absolute Gasteiger partial charge is 0.320 e. The standard InChI is InChI=1S/C18H13ClFN3O2S/c1-10-15(17(25)22-14-8-3-2-7-13(14)19)26-18(21-10)23-16(24)11-5-4-6-12(20)9-11/h2-9H,1H3,(H,22,25)(H,21,23,24). The molecule has 0 fully saturated rings. The number of hydrogen-bond donors (Lipinski definition) is 2. The molecule has 0 saturated carbocycles. The van der Waals surface area contributed by atoms with Gasteiger partial charge in [0.15, 0.2) is 5.13 Å². The summed E-state index contributed by atoms with van der Waals surface area (Å²) in [7, 11) is 0. The number of carbonyl (C=O) groups is 2. The molecule has 0 bridgehead atoms. The molecular weight excluding hydrogens is 377 g/mol. The highest BCUT2D eigenvalue weighted by atomic mass is 35.5. The molecule has 132 valence electrons. The van der Waals surface area contributed by atoms with E-state index in [1.807, 2.05) is 0 Å². The number of para-hydroxylation sites is 1. The number of aromatic nitrogens is 1. The number of amides is 2. The van der Waals surface area contributed by atoms with E-state index in [2.05, 4.69) is 15.6 Å². The third-order valence-electron chi connectivity index (χ3n) is 3.43. The second-order valence-electron chi connectivity index (χ2n) is 5.33. The number of aryl methyl sites for hydroxylation is 1. The van der Waals surface area contributed by atoms with Gasteiger partial charge in [-0.1, -0.05) is 41.1 Å². The minimum atomic E-state index is -0.507. The molecule has 0 atom stereocenters. The van der Waals surface area contributed by atoms with Crippen molar-refractivity contribution in [1.29, 1.82) is 0 Å². The summed E-state index contributed by atoms with van der Waals surface area (Å²) in [5, 5.41) is 5.95. The summed E-state index contributed by atoms with van der Waals surface area (Å²) in [4.78, 5) is 29.1. The van der Waals surface area contributed by atoms with E-state index in [1.165, 1.54) is 18.2 Å². The van der Waals surface area contributed by atoms with Crippen LogP contribution in [0.5, 0.6) is 0 Å². The van der Waals surface area contributed by atoms with Crippen LogP contribution in [0.4, 0.5) is 15.2 Å². The van der Waals surface area contributed by atoms with Gasteiger partial charge in [-0.3, -0.25) is 14.9 Å². The summed E-state index contributed by atoms with van der Waals surface area (Å²) in [5.74, 6) is -1.39. The molecular formula is C18H13ClFN3O2S. The Balaban J connectivity index is 1.75. The molecule has 2 amide bonds. The van der Waals surface area contributed by atoms with E-state index < -0.39 is 11.7 Å². The number of nitrogens with one attached hydrogen (secondary N) is 2. The fraction of sp³-hybridized carbons (Fsp3) is 0.0556. The molecule has 8 heteroatoms. The Kier molecular flexibility index (Phi) is 5.29. The molecule has 1 aromatic heterocycles. The summed E-state index contributed by atoms with van der Waals surface area (Å²) in [6.45, 7) is 1.66. The average Bonchev–Trinajstić information content (AvgIpc) is 2.97. The summed E-state index contributed by atoms with van der Waals surface area (Å²) in [5.41, 5.74) is 1.12. The molecule has 2 N–H and O–H groups in total. The molecule has 0 radical (unpaired) electrons. The van der Waals surface area contributed by atoms with Crippen LogP contribution in [-0.2, 0) is 0 Å². The summed E-state index contributed by atoms with van der Waals surface area (Å²) >= 11 is 7.06. The number of halogens is 2. The lowest BCUT2D eigenvalue weighted by Gasteiger charge is -2.05. The molecule has 26 heavy (non-hydrogen) atoms. The van der Waals surface area contributed by atoms with Gasteiger partial charge in [0.05, 0.1) is 16.4 Å². The van der Waals surface area contributed by atoms with E-state index in [-0.39, 0.29) is 16.6 Å². The summed E-state index contributed by atoms with van der Waals surface area (Å²) < 4.78 is 13.2. The number of benzene rings is 2. The van der Waals surface area contributed by atoms with E-state index in [1.54, 1.807) is 31.2 Å². The molecule has 0 aliphatic rings. The van der Waals surface area contributed by atoms with E-state index in [0.717, 1.165) is 17.4 Å². The first-order chi connectivity index (χ1) is 12.4. The van der Waals surface area contributed by atoms with Crippen molar-refractivity contribution in [3.8, 4) is 0 Å². The molecule has 3 aromatic rings. The Hall–Kier alpha value is -2.77. The zero-order valence-electron chi connectivity index (χ0n) is 13.5. The fourth-order valence-corrected chi connectivity index (χ4v) is 3.24. The molecule has 5 nitrogen and oxygen atoms in total. The Labute approximate surface area is 157 Å². The van der Waals surface area contributed by atoms with Gasteiger partial charge in [-0.2, -0.15) is 0 Å². The van der Waals surface area contributed by atoms with Gasteiger partial charge in [-0.05, 0) is 37.3 Å². The lowest BCUT2D eigenvalue weighted by Crippen LogP contribution is -2.12. The van der Waals surface area contributed by atoms with Gasteiger partial charge in [0.25, 0.3) is 11.8 Å². The van der Waals surface area contributed by atoms with E-state index in [9.17, 15) is 14.0 Å². The smallest absolute Gasteiger partial charge is 0.267 e. The number of thiazole rings is 1. The number of carbonyl (C=O) groups excluding carboxylic acids is 2. The van der Waals surface area contributed by atoms with Crippen LogP contribution in [0.15, 0.2) is 48.5 Å². The van der Waals surface area contributed by atoms with Crippen LogP contribution in [0.25, 0.3) is 0 Å². The molecule has 0 aliphatic heterocycles. The Morgan fingerprint density at radius 1 is 1.08 bits per heavy atom. The highest BCUT2D eigenvalue weighted by Gasteiger charge is 2.18. The predicted octanol–water partition coefficient (Wildman–Crippen LogP) is 4.75. The van der Waals surface area contributed by atoms with E-state index in [0.29, 0.717) is 21.3 Å². The summed E-state index contributed by atoms with van der Waals surface area (Å²) in [6.07, 6.45) is 0. The van der Waals surface area contributed by atoms with Gasteiger partial charge < -0.3 is 5.32 Å². The molecule has 2 aromatic carbocycles. The quantitative estimate of drug-likeness (QED) is 0.676. The highest BCUT2D eigenvalue weighted by Crippen LogP contribution is 2.26. The number of anilines is 2. The zero-order chi connectivity index (χ0) is 18.7. The van der Waals surface area contributed by atoms with Gasteiger partial charge in [0.2, 0.25) is 0 Å². The van der Waals surface area contributed by atoms with Gasteiger partial charge in [0.1, 0.15) is 10.7 Å². The molecule has 0 aliphatic carbocycles. The maximum Gasteiger partial charge on any atom is 0.267 e. The number of nitrogens with zero attached hydrogens (tertiary/aromatic N) is 1. The fourth-order valence-electron chi connectivity index (χ4n) is 2.20. The van der Waals surface area contributed by atoms with Gasteiger partial charge in [-0.25, -0.2) is 9.37 Å². The molecule has 3 rings (SSSR count). The van der Waals surface area contributed by atoms with Crippen molar-refractivity contribution in [3.05, 3.63) is 75.5 Å². The van der Waals surface area contributed by atoms with Crippen molar-refractivity contribution >= 4 is 45.6 Å². The van der Waals surface area contributed by atoms with Crippen molar-refractivity contribution in [2.75, 3.05) is 10.6 Å². The first kappa shape index (κ1) is 18.0. The van der Waals surface area contributed by atoms with Crippen LogP contribution in [0.3, 0.4) is 0 Å². The Morgan fingerprint density at radius 3 is 2.58 bits per heavy atom. The van der Waals surface area contributed by atoms with Crippen LogP contribution in [0, 0.1) is 12.7 Å². The van der Waals surface area contributed by atoms with E-state index in [4.69, 9.17) is 11.6 Å². The second kappa shape index (κ2) is 7.63. The third-order valence-corrected chi connectivity index (χ3v) is 4.83. The normalized spacial score (nSPS) is 10.4. The maximum atomic E-state index is 13.2. The number of hydrogen-bond acceptors (Lipinski definition) is 4. The molecule has 0 spiro atoms. The van der Waals surface area contributed by atoms with Gasteiger partial charge >= 0.3 is 0 Å². The zero-order valence-corrected chi connectivity index (χ0v) is 15.1. The van der Waals surface area contributed by atoms with Crippen molar-refractivity contribution in [2.45, 2.75) is 6.92 Å². The first-order valence-corrected chi connectivity index (χ1v) is 8.73. The monoisotopic (exact) mass is 389 g/mol. The Morgan fingerprint density at radius 2 is 1.85 bits per heavy atom. The third kappa shape index (κ3) is 4.07. The topological polar surface area (TPSA) is 71.1 Å². The van der Waals surface area contributed by atoms with Crippen molar-refractivity contribution < 1.29 is 14.0 Å². The van der Waals surface area contributed by atoms with Gasteiger partial charge in [-0.15, -0.1) is 0 Å². The lowest BCUT2D eigenvalue weighted by atomic mass is 10.2. The number of rotatable bonds is 4. The van der Waals surface area contributed by atoms with Crippen molar-refractivity contribution in [2.24, 2.45) is 0 Å². The molecule has 0 unspecified atom stereocenters. The molecule has 0 saturated heterocycles. The molecule has 1 heterocycles. The minimum absolute atomic E-state index is 0.167. The van der Waals surface area contributed by atoms with Crippen LogP contribution in [0.2, 0.25) is 5.02 Å². The SMILES string of the molecule is Cc1nc(NC(=O)c2cccc(F)c2)sc1C(=O)Nc1ccccc1Cl.